The van der Waals surface area contributed by atoms with Crippen LogP contribution < -0.4 is 10.6 Å². The highest BCUT2D eigenvalue weighted by Crippen LogP contribution is 2.08. The molecule has 0 aromatic carbocycles. The fraction of sp³-hybridized carbons (Fsp3) is 0.538. The Morgan fingerprint density at radius 2 is 2.10 bits per heavy atom. The van der Waals surface area contributed by atoms with Crippen molar-refractivity contribution in [2.45, 2.75) is 13.5 Å². The lowest BCUT2D eigenvalue weighted by atomic mass is 10.4. The summed E-state index contributed by atoms with van der Waals surface area (Å²) >= 11 is 0. The Morgan fingerprint density at radius 3 is 2.67 bits per heavy atom. The molecule has 1 heterocycles. The van der Waals surface area contributed by atoms with Crippen molar-refractivity contribution < 1.29 is 9.53 Å². The summed E-state index contributed by atoms with van der Waals surface area (Å²) in [5.74, 6) is 0.831. The maximum Gasteiger partial charge on any atom is 0.320 e. The Balaban J connectivity index is 2.83. The van der Waals surface area contributed by atoms with Crippen molar-refractivity contribution in [1.29, 1.82) is 0 Å². The molecule has 0 bridgehead atoms. The SMILES string of the molecule is C=CCN(CC(=O)OCC)Cc1nc(N)nc(N(C)C)n1. The van der Waals surface area contributed by atoms with Crippen molar-refractivity contribution in [1.82, 2.24) is 19.9 Å². The van der Waals surface area contributed by atoms with E-state index < -0.39 is 0 Å². The van der Waals surface area contributed by atoms with Crippen LogP contribution in [0.2, 0.25) is 0 Å². The largest absolute Gasteiger partial charge is 0.465 e. The van der Waals surface area contributed by atoms with Crippen molar-refractivity contribution in [3.8, 4) is 0 Å². The Bertz CT molecular complexity index is 492. The maximum absolute atomic E-state index is 11.6. The van der Waals surface area contributed by atoms with Gasteiger partial charge in [-0.15, -0.1) is 6.58 Å². The lowest BCUT2D eigenvalue weighted by Crippen LogP contribution is -2.32. The van der Waals surface area contributed by atoms with Gasteiger partial charge in [-0.1, -0.05) is 6.08 Å². The van der Waals surface area contributed by atoms with Crippen LogP contribution in [0.5, 0.6) is 0 Å². The molecule has 0 amide bonds. The molecule has 1 aromatic heterocycles. The van der Waals surface area contributed by atoms with E-state index in [9.17, 15) is 4.79 Å². The molecular formula is C13H22N6O2. The molecule has 0 spiro atoms. The summed E-state index contributed by atoms with van der Waals surface area (Å²) in [6.45, 7) is 6.82. The predicted octanol–water partition coefficient (Wildman–Crippen LogP) is 0.0709. The maximum atomic E-state index is 11.6. The molecule has 0 saturated carbocycles. The summed E-state index contributed by atoms with van der Waals surface area (Å²) in [5, 5.41) is 0. The van der Waals surface area contributed by atoms with Crippen LogP contribution in [0.25, 0.3) is 0 Å². The molecule has 0 aliphatic carbocycles. The molecule has 0 atom stereocenters. The molecule has 21 heavy (non-hydrogen) atoms. The van der Waals surface area contributed by atoms with Crippen LogP contribution in [0.1, 0.15) is 12.7 Å². The number of ether oxygens (including phenoxy) is 1. The molecule has 0 unspecified atom stereocenters. The minimum absolute atomic E-state index is 0.142. The molecule has 1 aromatic rings. The monoisotopic (exact) mass is 294 g/mol. The van der Waals surface area contributed by atoms with Gasteiger partial charge in [-0.3, -0.25) is 9.69 Å². The van der Waals surface area contributed by atoms with Crippen molar-refractivity contribution in [3.05, 3.63) is 18.5 Å². The van der Waals surface area contributed by atoms with E-state index in [2.05, 4.69) is 21.5 Å². The summed E-state index contributed by atoms with van der Waals surface area (Å²) in [5.41, 5.74) is 5.68. The Kier molecular flexibility index (Phi) is 6.54. The van der Waals surface area contributed by atoms with Gasteiger partial charge in [0.25, 0.3) is 0 Å². The van der Waals surface area contributed by atoms with Gasteiger partial charge in [-0.2, -0.15) is 15.0 Å². The van der Waals surface area contributed by atoms with E-state index >= 15 is 0 Å². The predicted molar refractivity (Wildman–Crippen MR) is 80.7 cm³/mol. The van der Waals surface area contributed by atoms with Gasteiger partial charge in [0.2, 0.25) is 11.9 Å². The number of carbonyl (C=O) groups is 1. The van der Waals surface area contributed by atoms with Gasteiger partial charge in [0.1, 0.15) is 5.82 Å². The van der Waals surface area contributed by atoms with Gasteiger partial charge < -0.3 is 15.4 Å². The Morgan fingerprint density at radius 1 is 1.38 bits per heavy atom. The second kappa shape index (κ2) is 8.15. The zero-order valence-electron chi connectivity index (χ0n) is 12.7. The smallest absolute Gasteiger partial charge is 0.320 e. The van der Waals surface area contributed by atoms with E-state index in [4.69, 9.17) is 10.5 Å². The number of anilines is 2. The molecule has 0 saturated heterocycles. The Hall–Kier alpha value is -2.22. The van der Waals surface area contributed by atoms with Crippen LogP contribution in [-0.2, 0) is 16.1 Å². The molecule has 0 aliphatic heterocycles. The van der Waals surface area contributed by atoms with Crippen LogP contribution in [0.3, 0.4) is 0 Å². The topological polar surface area (TPSA) is 97.5 Å². The van der Waals surface area contributed by atoms with Crippen molar-refractivity contribution in [2.75, 3.05) is 44.4 Å². The number of rotatable bonds is 8. The van der Waals surface area contributed by atoms with Crippen LogP contribution in [-0.4, -0.2) is 59.6 Å². The summed E-state index contributed by atoms with van der Waals surface area (Å²) in [7, 11) is 3.64. The highest BCUT2D eigenvalue weighted by molar-refractivity contribution is 5.71. The number of hydrogen-bond acceptors (Lipinski definition) is 8. The van der Waals surface area contributed by atoms with Gasteiger partial charge in [-0.05, 0) is 6.92 Å². The standard InChI is InChI=1S/C13H22N6O2/c1-5-7-19(9-11(20)21-6-2)8-10-15-12(14)17-13(16-10)18(3)4/h5H,1,6-9H2,2-4H3,(H2,14,15,16,17). The van der Waals surface area contributed by atoms with Crippen LogP contribution in [0, 0.1) is 0 Å². The number of carbonyl (C=O) groups excluding carboxylic acids is 1. The van der Waals surface area contributed by atoms with Crippen molar-refractivity contribution in [2.24, 2.45) is 0 Å². The van der Waals surface area contributed by atoms with Gasteiger partial charge in [0.05, 0.1) is 19.7 Å². The number of aromatic nitrogens is 3. The molecule has 0 radical (unpaired) electrons. The third-order valence-electron chi connectivity index (χ3n) is 2.50. The average molecular weight is 294 g/mol. The van der Waals surface area contributed by atoms with E-state index in [1.807, 2.05) is 19.0 Å². The lowest BCUT2D eigenvalue weighted by molar-refractivity contribution is -0.144. The molecular weight excluding hydrogens is 272 g/mol. The highest BCUT2D eigenvalue weighted by Gasteiger charge is 2.14. The van der Waals surface area contributed by atoms with Crippen LogP contribution in [0.4, 0.5) is 11.9 Å². The zero-order chi connectivity index (χ0) is 15.8. The number of nitrogen functional groups attached to an aromatic ring is 1. The number of nitrogens with zero attached hydrogens (tertiary/aromatic N) is 5. The van der Waals surface area contributed by atoms with E-state index in [-0.39, 0.29) is 18.5 Å². The summed E-state index contributed by atoms with van der Waals surface area (Å²) in [6, 6.07) is 0. The zero-order valence-corrected chi connectivity index (χ0v) is 12.7. The second-order valence-corrected chi connectivity index (χ2v) is 4.57. The molecule has 1 rings (SSSR count). The Labute approximate surface area is 124 Å². The van der Waals surface area contributed by atoms with Crippen LogP contribution >= 0.6 is 0 Å². The third kappa shape index (κ3) is 5.74. The lowest BCUT2D eigenvalue weighted by Gasteiger charge is -2.19. The highest BCUT2D eigenvalue weighted by atomic mass is 16.5. The van der Waals surface area contributed by atoms with E-state index in [0.717, 1.165) is 0 Å². The molecule has 0 aliphatic rings. The number of esters is 1. The van der Waals surface area contributed by atoms with Crippen molar-refractivity contribution >= 4 is 17.9 Å². The average Bonchev–Trinajstić information content (AvgIpc) is 2.38. The van der Waals surface area contributed by atoms with Gasteiger partial charge in [0, 0.05) is 20.6 Å². The van der Waals surface area contributed by atoms with Gasteiger partial charge >= 0.3 is 5.97 Å². The molecule has 8 nitrogen and oxygen atoms in total. The third-order valence-corrected chi connectivity index (χ3v) is 2.50. The van der Waals surface area contributed by atoms with E-state index in [1.54, 1.807) is 17.9 Å². The second-order valence-electron chi connectivity index (χ2n) is 4.57. The molecule has 2 N–H and O–H groups in total. The van der Waals surface area contributed by atoms with E-state index in [1.165, 1.54) is 0 Å². The summed E-state index contributed by atoms with van der Waals surface area (Å²) in [4.78, 5) is 27.6. The molecule has 8 heteroatoms. The fourth-order valence-corrected chi connectivity index (χ4v) is 1.65. The minimum Gasteiger partial charge on any atom is -0.465 e. The first-order valence-corrected chi connectivity index (χ1v) is 6.62. The molecule has 0 fully saturated rings. The van der Waals surface area contributed by atoms with E-state index in [0.29, 0.717) is 31.5 Å². The fourth-order valence-electron chi connectivity index (χ4n) is 1.65. The van der Waals surface area contributed by atoms with Crippen LogP contribution in [0.15, 0.2) is 12.7 Å². The number of nitrogens with two attached hydrogens (primary N) is 1. The van der Waals surface area contributed by atoms with Crippen molar-refractivity contribution in [3.63, 3.8) is 0 Å². The first kappa shape index (κ1) is 16.8. The van der Waals surface area contributed by atoms with Gasteiger partial charge in [-0.25, -0.2) is 0 Å². The summed E-state index contributed by atoms with van der Waals surface area (Å²) in [6.07, 6.45) is 1.70. The first-order valence-electron chi connectivity index (χ1n) is 6.62. The molecule has 116 valence electrons. The number of hydrogen-bond donors (Lipinski definition) is 1. The van der Waals surface area contributed by atoms with Gasteiger partial charge in [0.15, 0.2) is 0 Å². The quantitative estimate of drug-likeness (QED) is 0.531. The summed E-state index contributed by atoms with van der Waals surface area (Å²) < 4.78 is 4.94. The first-order chi connectivity index (χ1) is 9.96. The normalized spacial score (nSPS) is 10.5. The minimum atomic E-state index is -0.297.